The molecule has 4 nitrogen and oxygen atoms in total. The van der Waals surface area contributed by atoms with Gasteiger partial charge in [-0.05, 0) is 18.2 Å². The fourth-order valence-electron chi connectivity index (χ4n) is 1.51. The number of thiazole rings is 1. The molecule has 0 bridgehead atoms. The van der Waals surface area contributed by atoms with Crippen LogP contribution < -0.4 is 5.73 Å². The number of anilines is 1. The summed E-state index contributed by atoms with van der Waals surface area (Å²) in [4.78, 5) is 4.33. The van der Waals surface area contributed by atoms with Crippen LogP contribution in [0.15, 0.2) is 58.2 Å². The Hall–Kier alpha value is -2.05. The van der Waals surface area contributed by atoms with Crippen LogP contribution in [0.4, 0.5) is 15.7 Å². The molecule has 0 spiro atoms. The number of thiophene rings is 1. The van der Waals surface area contributed by atoms with Crippen molar-refractivity contribution in [2.24, 2.45) is 10.2 Å². The van der Waals surface area contributed by atoms with E-state index in [-0.39, 0.29) is 0 Å². The van der Waals surface area contributed by atoms with Crippen molar-refractivity contribution >= 4 is 38.4 Å². The van der Waals surface area contributed by atoms with Crippen LogP contribution >= 0.6 is 22.7 Å². The molecule has 3 rings (SSSR count). The van der Waals surface area contributed by atoms with Gasteiger partial charge in [0, 0.05) is 10.9 Å². The number of rotatable bonds is 3. The van der Waals surface area contributed by atoms with Gasteiger partial charge in [-0.2, -0.15) is 0 Å². The smallest absolute Gasteiger partial charge is 0.159 e. The summed E-state index contributed by atoms with van der Waals surface area (Å²) in [6.45, 7) is 0. The molecule has 2 aromatic heterocycles. The molecule has 0 amide bonds. The summed E-state index contributed by atoms with van der Waals surface area (Å²) < 4.78 is 0. The molecule has 0 radical (unpaired) electrons. The highest BCUT2D eigenvalue weighted by molar-refractivity contribution is 7.19. The number of nitrogen functional groups attached to an aromatic ring is 1. The van der Waals surface area contributed by atoms with E-state index < -0.39 is 0 Å². The first-order valence-electron chi connectivity index (χ1n) is 5.58. The molecule has 2 heterocycles. The van der Waals surface area contributed by atoms with E-state index in [1.165, 1.54) is 22.7 Å². The van der Waals surface area contributed by atoms with E-state index in [4.69, 9.17) is 5.73 Å². The summed E-state index contributed by atoms with van der Waals surface area (Å²) in [5.41, 5.74) is 7.58. The van der Waals surface area contributed by atoms with Crippen LogP contribution in [0.3, 0.4) is 0 Å². The fourth-order valence-corrected chi connectivity index (χ4v) is 2.95. The molecule has 1 aromatic carbocycles. The van der Waals surface area contributed by atoms with E-state index >= 15 is 0 Å². The zero-order chi connectivity index (χ0) is 13.1. The third-order valence-electron chi connectivity index (χ3n) is 2.38. The monoisotopic (exact) mass is 286 g/mol. The number of nitrogens with two attached hydrogens (primary N) is 1. The van der Waals surface area contributed by atoms with Gasteiger partial charge in [0.2, 0.25) is 0 Å². The molecule has 0 atom stereocenters. The van der Waals surface area contributed by atoms with Gasteiger partial charge in [-0.15, -0.1) is 21.6 Å². The Morgan fingerprint density at radius 1 is 1.11 bits per heavy atom. The maximum absolute atomic E-state index is 5.71. The van der Waals surface area contributed by atoms with E-state index in [1.807, 2.05) is 41.8 Å². The number of aromatic nitrogens is 1. The molecule has 0 aliphatic rings. The van der Waals surface area contributed by atoms with Crippen molar-refractivity contribution < 1.29 is 0 Å². The number of benzene rings is 1. The second kappa shape index (κ2) is 5.29. The average molecular weight is 286 g/mol. The van der Waals surface area contributed by atoms with Gasteiger partial charge < -0.3 is 5.73 Å². The molecule has 0 unspecified atom stereocenters. The van der Waals surface area contributed by atoms with Crippen LogP contribution in [-0.2, 0) is 0 Å². The summed E-state index contributed by atoms with van der Waals surface area (Å²) >= 11 is 3.01. The van der Waals surface area contributed by atoms with Crippen LogP contribution in [0.5, 0.6) is 0 Å². The third-order valence-corrected chi connectivity index (χ3v) is 4.07. The van der Waals surface area contributed by atoms with Crippen molar-refractivity contribution in [2.45, 2.75) is 0 Å². The topological polar surface area (TPSA) is 63.6 Å². The predicted octanol–water partition coefficient (Wildman–Crippen LogP) is 4.87. The van der Waals surface area contributed by atoms with Crippen LogP contribution in [0.25, 0.3) is 10.6 Å². The normalized spacial score (nSPS) is 11.2. The second-order valence-corrected chi connectivity index (χ2v) is 5.73. The predicted molar refractivity (Wildman–Crippen MR) is 80.5 cm³/mol. The quantitative estimate of drug-likeness (QED) is 0.698. The molecule has 6 heteroatoms. The van der Waals surface area contributed by atoms with Crippen LogP contribution in [0.2, 0.25) is 0 Å². The van der Waals surface area contributed by atoms with Gasteiger partial charge in [0.25, 0.3) is 0 Å². The van der Waals surface area contributed by atoms with Crippen molar-refractivity contribution in [3.63, 3.8) is 0 Å². The maximum atomic E-state index is 5.71. The van der Waals surface area contributed by atoms with E-state index in [0.717, 1.165) is 26.3 Å². The fraction of sp³-hybridized carbons (Fsp3) is 0. The molecule has 19 heavy (non-hydrogen) atoms. The molecule has 0 fully saturated rings. The average Bonchev–Trinajstić information content (AvgIpc) is 3.06. The first-order valence-corrected chi connectivity index (χ1v) is 7.28. The Bertz CT molecular complexity index is 700. The lowest BCUT2D eigenvalue weighted by Gasteiger charge is -1.88. The van der Waals surface area contributed by atoms with Crippen molar-refractivity contribution in [1.82, 2.24) is 4.98 Å². The lowest BCUT2D eigenvalue weighted by atomic mass is 10.3. The zero-order valence-electron chi connectivity index (χ0n) is 9.85. The Balaban J connectivity index is 1.80. The number of hydrogen-bond acceptors (Lipinski definition) is 6. The van der Waals surface area contributed by atoms with Gasteiger partial charge in [-0.1, -0.05) is 29.5 Å². The highest BCUT2D eigenvalue weighted by atomic mass is 32.1. The van der Waals surface area contributed by atoms with E-state index in [9.17, 15) is 0 Å². The van der Waals surface area contributed by atoms with E-state index in [1.54, 1.807) is 6.20 Å². The summed E-state index contributed by atoms with van der Waals surface area (Å²) in [7, 11) is 0. The van der Waals surface area contributed by atoms with Crippen LogP contribution in [-0.4, -0.2) is 4.98 Å². The summed E-state index contributed by atoms with van der Waals surface area (Å²) in [6, 6.07) is 11.5. The van der Waals surface area contributed by atoms with Gasteiger partial charge in [0.1, 0.15) is 5.01 Å². The molecule has 2 N–H and O–H groups in total. The van der Waals surface area contributed by atoms with Gasteiger partial charge in [0.05, 0.1) is 16.9 Å². The lowest BCUT2D eigenvalue weighted by molar-refractivity contribution is 1.24. The van der Waals surface area contributed by atoms with Crippen molar-refractivity contribution in [1.29, 1.82) is 0 Å². The molecule has 0 aliphatic carbocycles. The highest BCUT2D eigenvalue weighted by Crippen LogP contribution is 2.34. The van der Waals surface area contributed by atoms with Gasteiger partial charge >= 0.3 is 0 Å². The molecule has 3 aromatic rings. The third kappa shape index (κ3) is 2.86. The van der Waals surface area contributed by atoms with Crippen molar-refractivity contribution in [3.05, 3.63) is 48.0 Å². The van der Waals surface area contributed by atoms with Crippen LogP contribution in [0.1, 0.15) is 0 Å². The minimum atomic E-state index is 0.781. The molecular formula is C13H10N4S2. The van der Waals surface area contributed by atoms with Gasteiger partial charge in [0.15, 0.2) is 5.00 Å². The zero-order valence-corrected chi connectivity index (χ0v) is 11.5. The van der Waals surface area contributed by atoms with E-state index in [2.05, 4.69) is 15.2 Å². The Morgan fingerprint density at radius 3 is 2.68 bits per heavy atom. The standard InChI is InChI=1S/C13H10N4S2/c14-11-6-9(8-18-11)13-15-7-12(19-13)17-16-10-4-2-1-3-5-10/h1-8H,14H2. The maximum Gasteiger partial charge on any atom is 0.159 e. The minimum absolute atomic E-state index is 0.781. The molecule has 94 valence electrons. The van der Waals surface area contributed by atoms with E-state index in [0.29, 0.717) is 0 Å². The highest BCUT2D eigenvalue weighted by Gasteiger charge is 2.06. The first kappa shape index (κ1) is 12.0. The second-order valence-electron chi connectivity index (χ2n) is 3.78. The Morgan fingerprint density at radius 2 is 1.95 bits per heavy atom. The Labute approximate surface area is 118 Å². The SMILES string of the molecule is Nc1cc(-c2ncc(N=Nc3ccccc3)s2)cs1. The number of hydrogen-bond donors (Lipinski definition) is 1. The summed E-state index contributed by atoms with van der Waals surface area (Å²) in [5.74, 6) is 0. The molecule has 0 aliphatic heterocycles. The largest absolute Gasteiger partial charge is 0.391 e. The first-order chi connectivity index (χ1) is 9.31. The molecule has 0 saturated carbocycles. The Kier molecular flexibility index (Phi) is 3.35. The van der Waals surface area contributed by atoms with Crippen molar-refractivity contribution in [2.75, 3.05) is 5.73 Å². The van der Waals surface area contributed by atoms with Gasteiger partial charge in [-0.25, -0.2) is 4.98 Å². The number of azo groups is 1. The van der Waals surface area contributed by atoms with Crippen LogP contribution in [0, 0.1) is 0 Å². The lowest BCUT2D eigenvalue weighted by Crippen LogP contribution is -1.74. The molecular weight excluding hydrogens is 276 g/mol. The number of nitrogens with zero attached hydrogens (tertiary/aromatic N) is 3. The minimum Gasteiger partial charge on any atom is -0.391 e. The summed E-state index contributed by atoms with van der Waals surface area (Å²) in [6.07, 6.45) is 1.72. The summed E-state index contributed by atoms with van der Waals surface area (Å²) in [5, 5.41) is 12.8. The van der Waals surface area contributed by atoms with Crippen molar-refractivity contribution in [3.8, 4) is 10.6 Å². The molecule has 0 saturated heterocycles. The van der Waals surface area contributed by atoms with Gasteiger partial charge in [-0.3, -0.25) is 0 Å².